The number of likely N-dealkylation sites (tertiary alicyclic amines) is 1. The Morgan fingerprint density at radius 2 is 1.64 bits per heavy atom. The fourth-order valence-electron chi connectivity index (χ4n) is 6.60. The number of ether oxygens (including phenoxy) is 2. The van der Waals surface area contributed by atoms with Gasteiger partial charge in [-0.3, -0.25) is 23.9 Å². The summed E-state index contributed by atoms with van der Waals surface area (Å²) in [5.41, 5.74) is -3.94. The number of hydrogen-bond donors (Lipinski definition) is 1. The van der Waals surface area contributed by atoms with E-state index in [9.17, 15) is 45.1 Å². The first kappa shape index (κ1) is 40.9. The van der Waals surface area contributed by atoms with E-state index in [-0.39, 0.29) is 66.2 Å². The molecule has 2 aliphatic heterocycles. The van der Waals surface area contributed by atoms with Gasteiger partial charge in [-0.25, -0.2) is 8.78 Å². The monoisotopic (exact) mass is 779 g/mol. The number of alkyl halides is 7. The molecule has 4 aromatic rings. The van der Waals surface area contributed by atoms with Gasteiger partial charge in [0.2, 0.25) is 5.91 Å². The van der Waals surface area contributed by atoms with E-state index in [0.717, 1.165) is 10.8 Å². The number of pyridine rings is 1. The normalized spacial score (nSPS) is 17.5. The zero-order valence-corrected chi connectivity index (χ0v) is 29.9. The Morgan fingerprint density at radius 3 is 2.24 bits per heavy atom. The highest BCUT2D eigenvalue weighted by molar-refractivity contribution is 5.84. The lowest BCUT2D eigenvalue weighted by Gasteiger charge is -2.34. The van der Waals surface area contributed by atoms with Crippen molar-refractivity contribution in [3.05, 3.63) is 116 Å². The molecule has 1 unspecified atom stereocenters. The van der Waals surface area contributed by atoms with Crippen molar-refractivity contribution in [2.45, 2.75) is 64.2 Å². The quantitative estimate of drug-likeness (QED) is 0.150. The van der Waals surface area contributed by atoms with Gasteiger partial charge in [0, 0.05) is 43.0 Å². The first-order valence-corrected chi connectivity index (χ1v) is 17.3. The van der Waals surface area contributed by atoms with Crippen molar-refractivity contribution in [3.8, 4) is 22.6 Å². The lowest BCUT2D eigenvalue weighted by atomic mass is 9.91. The molecule has 1 N–H and O–H groups in total. The maximum atomic E-state index is 15.8. The zero-order valence-electron chi connectivity index (χ0n) is 29.9. The molecule has 1 aromatic heterocycles. The van der Waals surface area contributed by atoms with Crippen LogP contribution in [-0.4, -0.2) is 54.3 Å². The number of carbonyl (C=O) groups excluding carboxylic acids is 2. The van der Waals surface area contributed by atoms with Crippen LogP contribution in [0, 0.1) is 12.7 Å². The Labute approximate surface area is 310 Å². The van der Waals surface area contributed by atoms with E-state index in [1.807, 2.05) is 0 Å². The first-order valence-electron chi connectivity index (χ1n) is 17.3. The Balaban J connectivity index is 0.00000109. The van der Waals surface area contributed by atoms with Crippen LogP contribution in [0.25, 0.3) is 11.1 Å². The highest BCUT2D eigenvalue weighted by Crippen LogP contribution is 2.43. The fourth-order valence-corrected chi connectivity index (χ4v) is 6.60. The van der Waals surface area contributed by atoms with E-state index in [1.54, 1.807) is 30.9 Å². The van der Waals surface area contributed by atoms with E-state index in [2.05, 4.69) is 10.1 Å². The highest BCUT2D eigenvalue weighted by Gasteiger charge is 2.39. The van der Waals surface area contributed by atoms with Crippen LogP contribution in [0.1, 0.15) is 65.7 Å². The molecule has 294 valence electrons. The molecule has 2 aliphatic rings. The summed E-state index contributed by atoms with van der Waals surface area (Å²) in [5.74, 6) is -2.37. The van der Waals surface area contributed by atoms with Gasteiger partial charge in [0.25, 0.3) is 12.0 Å². The van der Waals surface area contributed by atoms with Gasteiger partial charge in [0.15, 0.2) is 0 Å². The molecule has 0 saturated carbocycles. The number of hydrogen-bond acceptors (Lipinski definition) is 6. The van der Waals surface area contributed by atoms with Crippen molar-refractivity contribution in [2.24, 2.45) is 0 Å². The van der Waals surface area contributed by atoms with Crippen LogP contribution in [-0.2, 0) is 33.1 Å². The van der Waals surface area contributed by atoms with Gasteiger partial charge in [-0.05, 0) is 79.3 Å². The number of fused-ring (bicyclic) bond motifs is 6. The first-order chi connectivity index (χ1) is 26.0. The molecule has 16 heteroatoms. The van der Waals surface area contributed by atoms with Crippen LogP contribution in [0.15, 0.2) is 71.7 Å². The Morgan fingerprint density at radius 1 is 0.945 bits per heavy atom. The van der Waals surface area contributed by atoms with Gasteiger partial charge < -0.3 is 14.8 Å². The van der Waals surface area contributed by atoms with E-state index in [0.29, 0.717) is 30.8 Å². The van der Waals surface area contributed by atoms with Gasteiger partial charge in [-0.15, -0.1) is 0 Å². The molecule has 1 amide bonds. The third-order valence-electron chi connectivity index (χ3n) is 9.27. The number of benzene rings is 3. The predicted molar refractivity (Wildman–Crippen MR) is 186 cm³/mol. The second-order valence-corrected chi connectivity index (χ2v) is 13.0. The predicted octanol–water partition coefficient (Wildman–Crippen LogP) is 8.34. The average molecular weight is 780 g/mol. The maximum Gasteiger partial charge on any atom is 0.419 e. The molecule has 8 nitrogen and oxygen atoms in total. The number of aromatic nitrogens is 1. The Hall–Kier alpha value is -5.25. The van der Waals surface area contributed by atoms with E-state index in [1.165, 1.54) is 43.3 Å². The molecule has 1 saturated heterocycles. The van der Waals surface area contributed by atoms with E-state index in [4.69, 9.17) is 4.74 Å². The third-order valence-corrected chi connectivity index (χ3v) is 9.27. The van der Waals surface area contributed by atoms with Gasteiger partial charge in [-0.2, -0.15) is 26.3 Å². The molecular formula is C39H37F8N3O5. The molecule has 0 spiro atoms. The third kappa shape index (κ3) is 9.18. The van der Waals surface area contributed by atoms with E-state index >= 15 is 4.39 Å². The number of carbonyl (C=O) groups is 2. The van der Waals surface area contributed by atoms with Gasteiger partial charge >= 0.3 is 12.4 Å². The molecule has 3 heterocycles. The second-order valence-electron chi connectivity index (χ2n) is 13.0. The van der Waals surface area contributed by atoms with Crippen LogP contribution < -0.4 is 15.6 Å². The number of nitrogens with one attached hydrogen (secondary N) is 1. The van der Waals surface area contributed by atoms with Crippen LogP contribution in [0.5, 0.6) is 11.5 Å². The molecule has 0 radical (unpaired) electrons. The molecule has 1 fully saturated rings. The molecule has 55 heavy (non-hydrogen) atoms. The molecule has 4 bridgehead atoms. The molecule has 2 atom stereocenters. The lowest BCUT2D eigenvalue weighted by molar-refractivity contribution is -0.140. The SMILES string of the molecule is CCOC=O.CC[C@@H]1NC(=O)C(n2cc(CCN3CC(F)C3)c(C(F)(F)F)cc2=O)c2cccc(c2)Oc2cccc(C)c2-c2cc1c(F)c(C(F)(F)F)c2. The summed E-state index contributed by atoms with van der Waals surface area (Å²) in [4.78, 5) is 38.5. The summed E-state index contributed by atoms with van der Waals surface area (Å²) in [6.45, 7) is 5.98. The van der Waals surface area contributed by atoms with E-state index < -0.39 is 64.6 Å². The van der Waals surface area contributed by atoms with Crippen molar-refractivity contribution in [1.82, 2.24) is 14.8 Å². The highest BCUT2D eigenvalue weighted by atomic mass is 19.4. The van der Waals surface area contributed by atoms with Gasteiger partial charge in [-0.1, -0.05) is 31.2 Å². The van der Waals surface area contributed by atoms with Crippen molar-refractivity contribution < 1.29 is 54.2 Å². The summed E-state index contributed by atoms with van der Waals surface area (Å²) in [6.07, 6.45) is -10.5. The average Bonchev–Trinajstić information content (AvgIpc) is 3.10. The molecule has 0 aliphatic carbocycles. The standard InChI is InChI=1S/C36H31F8N3O3.C3H6O2/c1-3-28-25-13-22(14-27(32(25)38)36(42,43)44)31-19(2)6-4-9-29(31)50-24-8-5-7-20(12-24)33(34(49)45-28)47-16-21(10-11-46-17-23(37)18-46)26(15-30(47)48)35(39,40)41;1-2-5-3-4/h4-9,12-16,23,28,33H,3,10-11,17-18H2,1-2H3,(H,45,49);3H,2H2,1H3/t28-,33?;/m0./s1. The summed E-state index contributed by atoms with van der Waals surface area (Å²) in [5, 5.41) is 2.58. The van der Waals surface area contributed by atoms with Gasteiger partial charge in [0.1, 0.15) is 29.5 Å². The van der Waals surface area contributed by atoms with Crippen molar-refractivity contribution in [3.63, 3.8) is 0 Å². The molecule has 3 aromatic carbocycles. The number of halogens is 8. The van der Waals surface area contributed by atoms with Crippen LogP contribution >= 0.6 is 0 Å². The number of aryl methyl sites for hydroxylation is 1. The summed E-state index contributed by atoms with van der Waals surface area (Å²) in [7, 11) is 0. The summed E-state index contributed by atoms with van der Waals surface area (Å²) >= 11 is 0. The smallest absolute Gasteiger partial charge is 0.419 e. The van der Waals surface area contributed by atoms with Crippen molar-refractivity contribution in [1.29, 1.82) is 0 Å². The van der Waals surface area contributed by atoms with Crippen LogP contribution in [0.3, 0.4) is 0 Å². The molecule has 6 rings (SSSR count). The minimum Gasteiger partial charge on any atom is -0.468 e. The van der Waals surface area contributed by atoms with Crippen LogP contribution in [0.2, 0.25) is 0 Å². The minimum atomic E-state index is -5.12. The fraction of sp³-hybridized carbons (Fsp3) is 0.359. The number of rotatable bonds is 7. The largest absolute Gasteiger partial charge is 0.468 e. The molecular weight excluding hydrogens is 742 g/mol. The van der Waals surface area contributed by atoms with Crippen molar-refractivity contribution >= 4 is 12.4 Å². The Bertz CT molecular complexity index is 2090. The minimum absolute atomic E-state index is 0.0219. The second kappa shape index (κ2) is 16.6. The number of nitrogens with zero attached hydrogens (tertiary/aromatic N) is 2. The Kier molecular flexibility index (Phi) is 12.4. The van der Waals surface area contributed by atoms with Gasteiger partial charge in [0.05, 0.1) is 23.8 Å². The number of amides is 1. The zero-order chi connectivity index (χ0) is 40.2. The summed E-state index contributed by atoms with van der Waals surface area (Å²) < 4.78 is 126. The lowest BCUT2D eigenvalue weighted by Crippen LogP contribution is -2.49. The van der Waals surface area contributed by atoms with Crippen LogP contribution in [0.4, 0.5) is 35.1 Å². The topological polar surface area (TPSA) is 89.9 Å². The maximum absolute atomic E-state index is 15.8. The van der Waals surface area contributed by atoms with Crippen molar-refractivity contribution in [2.75, 3.05) is 26.2 Å². The summed E-state index contributed by atoms with van der Waals surface area (Å²) in [6, 6.07) is 9.87.